The van der Waals surface area contributed by atoms with Crippen molar-refractivity contribution in [3.05, 3.63) is 11.6 Å². The molecule has 0 heterocycles. The summed E-state index contributed by atoms with van der Waals surface area (Å²) in [6, 6.07) is 0. The lowest BCUT2D eigenvalue weighted by Crippen LogP contribution is -2.37. The van der Waals surface area contributed by atoms with E-state index in [2.05, 4.69) is 15.4 Å². The van der Waals surface area contributed by atoms with Crippen LogP contribution in [-0.4, -0.2) is 38.0 Å². The van der Waals surface area contributed by atoms with Crippen molar-refractivity contribution >= 4 is 17.8 Å². The van der Waals surface area contributed by atoms with E-state index in [9.17, 15) is 14.4 Å². The summed E-state index contributed by atoms with van der Waals surface area (Å²) in [5, 5.41) is 4.63. The molecule has 6 nitrogen and oxygen atoms in total. The molecule has 16 heavy (non-hydrogen) atoms. The molecule has 0 fully saturated rings. The van der Waals surface area contributed by atoms with E-state index < -0.39 is 11.9 Å². The van der Waals surface area contributed by atoms with Crippen LogP contribution in [0.5, 0.6) is 0 Å². The topological polar surface area (TPSA) is 84.5 Å². The van der Waals surface area contributed by atoms with E-state index >= 15 is 0 Å². The van der Waals surface area contributed by atoms with Gasteiger partial charge in [0, 0.05) is 13.1 Å². The van der Waals surface area contributed by atoms with Crippen LogP contribution in [0.4, 0.5) is 0 Å². The number of amides is 2. The number of allylic oxidation sites excluding steroid dienone is 1. The largest absolute Gasteiger partial charge is 0.452 e. The molecule has 0 rings (SSSR count). The van der Waals surface area contributed by atoms with E-state index in [1.54, 1.807) is 13.8 Å². The lowest BCUT2D eigenvalue weighted by atomic mass is 10.3. The zero-order chi connectivity index (χ0) is 12.6. The SMILES string of the molecule is CNC(=O)CNC(=O)COC(=O)C=C(C)C. The van der Waals surface area contributed by atoms with E-state index in [1.165, 1.54) is 13.1 Å². The number of carbonyl (C=O) groups is 3. The summed E-state index contributed by atoms with van der Waals surface area (Å²) in [6.07, 6.45) is 1.28. The molecule has 90 valence electrons. The number of nitrogens with one attached hydrogen (secondary N) is 2. The molecule has 0 aromatic heterocycles. The number of hydrogen-bond acceptors (Lipinski definition) is 4. The summed E-state index contributed by atoms with van der Waals surface area (Å²) in [5.74, 6) is -1.40. The highest BCUT2D eigenvalue weighted by atomic mass is 16.5. The van der Waals surface area contributed by atoms with Crippen LogP contribution in [0.3, 0.4) is 0 Å². The predicted octanol–water partition coefficient (Wildman–Crippen LogP) is -0.642. The summed E-state index contributed by atoms with van der Waals surface area (Å²) in [4.78, 5) is 32.8. The average molecular weight is 228 g/mol. The van der Waals surface area contributed by atoms with Crippen LogP contribution in [0, 0.1) is 0 Å². The Morgan fingerprint density at radius 1 is 1.19 bits per heavy atom. The molecule has 0 saturated carbocycles. The fourth-order valence-electron chi connectivity index (χ4n) is 0.732. The Balaban J connectivity index is 3.78. The number of esters is 1. The molecule has 0 atom stereocenters. The van der Waals surface area contributed by atoms with Crippen molar-refractivity contribution in [1.82, 2.24) is 10.6 Å². The van der Waals surface area contributed by atoms with Gasteiger partial charge in [0.25, 0.3) is 5.91 Å². The highest BCUT2D eigenvalue weighted by Gasteiger charge is 2.06. The molecular formula is C10H16N2O4. The Morgan fingerprint density at radius 3 is 2.31 bits per heavy atom. The first-order valence-corrected chi connectivity index (χ1v) is 4.74. The lowest BCUT2D eigenvalue weighted by Gasteiger charge is -2.04. The van der Waals surface area contributed by atoms with E-state index in [-0.39, 0.29) is 19.1 Å². The highest BCUT2D eigenvalue weighted by Crippen LogP contribution is 1.90. The van der Waals surface area contributed by atoms with Gasteiger partial charge >= 0.3 is 5.97 Å². The standard InChI is InChI=1S/C10H16N2O4/c1-7(2)4-10(15)16-6-9(14)12-5-8(13)11-3/h4H,5-6H2,1-3H3,(H,11,13)(H,12,14). The summed E-state index contributed by atoms with van der Waals surface area (Å²) in [7, 11) is 1.46. The van der Waals surface area contributed by atoms with Crippen molar-refractivity contribution in [3.8, 4) is 0 Å². The Morgan fingerprint density at radius 2 is 1.81 bits per heavy atom. The minimum atomic E-state index is -0.574. The van der Waals surface area contributed by atoms with Crippen molar-refractivity contribution in [2.45, 2.75) is 13.8 Å². The number of hydrogen-bond donors (Lipinski definition) is 2. The molecule has 0 unspecified atom stereocenters. The van der Waals surface area contributed by atoms with Crippen LogP contribution >= 0.6 is 0 Å². The van der Waals surface area contributed by atoms with Crippen LogP contribution < -0.4 is 10.6 Å². The van der Waals surface area contributed by atoms with Gasteiger partial charge in [0.05, 0.1) is 6.54 Å². The van der Waals surface area contributed by atoms with Crippen LogP contribution in [0.1, 0.15) is 13.8 Å². The molecule has 0 aliphatic heterocycles. The normalized spacial score (nSPS) is 8.94. The van der Waals surface area contributed by atoms with Gasteiger partial charge in [0.15, 0.2) is 6.61 Å². The van der Waals surface area contributed by atoms with Crippen molar-refractivity contribution in [1.29, 1.82) is 0 Å². The molecule has 6 heteroatoms. The first kappa shape index (κ1) is 14.2. The summed E-state index contributed by atoms with van der Waals surface area (Å²) < 4.78 is 4.62. The maximum atomic E-state index is 11.1. The molecule has 0 aliphatic rings. The quantitative estimate of drug-likeness (QED) is 0.484. The van der Waals surface area contributed by atoms with Gasteiger partial charge in [-0.2, -0.15) is 0 Å². The number of rotatable bonds is 5. The van der Waals surface area contributed by atoms with Gasteiger partial charge in [-0.1, -0.05) is 5.57 Å². The van der Waals surface area contributed by atoms with E-state index in [0.717, 1.165) is 5.57 Å². The lowest BCUT2D eigenvalue weighted by molar-refractivity contribution is -0.144. The predicted molar refractivity (Wildman–Crippen MR) is 57.5 cm³/mol. The number of carbonyl (C=O) groups excluding carboxylic acids is 3. The zero-order valence-corrected chi connectivity index (χ0v) is 9.62. The summed E-state index contributed by atoms with van der Waals surface area (Å²) >= 11 is 0. The first-order chi connectivity index (χ1) is 7.45. The van der Waals surface area contributed by atoms with E-state index in [4.69, 9.17) is 0 Å². The number of likely N-dealkylation sites (N-methyl/N-ethyl adjacent to an activating group) is 1. The summed E-state index contributed by atoms with van der Waals surface area (Å²) in [5.41, 5.74) is 0.788. The second-order valence-electron chi connectivity index (χ2n) is 3.28. The van der Waals surface area contributed by atoms with Crippen molar-refractivity contribution in [2.24, 2.45) is 0 Å². The molecule has 0 aromatic rings. The number of ether oxygens (including phenoxy) is 1. The molecule has 0 saturated heterocycles. The van der Waals surface area contributed by atoms with Gasteiger partial charge < -0.3 is 15.4 Å². The Bertz CT molecular complexity index is 306. The monoisotopic (exact) mass is 228 g/mol. The molecular weight excluding hydrogens is 212 g/mol. The average Bonchev–Trinajstić information content (AvgIpc) is 2.22. The zero-order valence-electron chi connectivity index (χ0n) is 9.62. The van der Waals surface area contributed by atoms with Gasteiger partial charge in [-0.05, 0) is 13.8 Å². The molecule has 0 aromatic carbocycles. The Labute approximate surface area is 94.0 Å². The third-order valence-corrected chi connectivity index (χ3v) is 1.48. The Hall–Kier alpha value is -1.85. The van der Waals surface area contributed by atoms with Gasteiger partial charge in [0.2, 0.25) is 5.91 Å². The molecule has 0 radical (unpaired) electrons. The van der Waals surface area contributed by atoms with E-state index in [1.807, 2.05) is 0 Å². The first-order valence-electron chi connectivity index (χ1n) is 4.74. The second kappa shape index (κ2) is 7.44. The molecule has 0 bridgehead atoms. The fraction of sp³-hybridized carbons (Fsp3) is 0.500. The smallest absolute Gasteiger partial charge is 0.331 e. The molecule has 2 amide bonds. The van der Waals surface area contributed by atoms with Crippen LogP contribution in [0.2, 0.25) is 0 Å². The third-order valence-electron chi connectivity index (χ3n) is 1.48. The van der Waals surface area contributed by atoms with Gasteiger partial charge in [-0.3, -0.25) is 9.59 Å². The van der Waals surface area contributed by atoms with E-state index in [0.29, 0.717) is 0 Å². The Kier molecular flexibility index (Phi) is 6.58. The second-order valence-corrected chi connectivity index (χ2v) is 3.28. The van der Waals surface area contributed by atoms with Gasteiger partial charge in [0.1, 0.15) is 0 Å². The minimum Gasteiger partial charge on any atom is -0.452 e. The van der Waals surface area contributed by atoms with Crippen molar-refractivity contribution < 1.29 is 19.1 Å². The van der Waals surface area contributed by atoms with Crippen molar-refractivity contribution in [3.63, 3.8) is 0 Å². The summed E-state index contributed by atoms with van der Waals surface area (Å²) in [6.45, 7) is 2.97. The highest BCUT2D eigenvalue weighted by molar-refractivity contribution is 5.88. The minimum absolute atomic E-state index is 0.129. The fourth-order valence-corrected chi connectivity index (χ4v) is 0.732. The van der Waals surface area contributed by atoms with Gasteiger partial charge in [-0.15, -0.1) is 0 Å². The third kappa shape index (κ3) is 7.54. The maximum Gasteiger partial charge on any atom is 0.331 e. The molecule has 0 aliphatic carbocycles. The molecule has 0 spiro atoms. The maximum absolute atomic E-state index is 11.1. The molecule has 2 N–H and O–H groups in total. The van der Waals surface area contributed by atoms with Crippen LogP contribution in [0.25, 0.3) is 0 Å². The van der Waals surface area contributed by atoms with Crippen LogP contribution in [-0.2, 0) is 19.1 Å². The van der Waals surface area contributed by atoms with Crippen molar-refractivity contribution in [2.75, 3.05) is 20.2 Å². The van der Waals surface area contributed by atoms with Gasteiger partial charge in [-0.25, -0.2) is 4.79 Å². The van der Waals surface area contributed by atoms with Crippen LogP contribution in [0.15, 0.2) is 11.6 Å².